The quantitative estimate of drug-likeness (QED) is 0.479. The third-order valence-electron chi connectivity index (χ3n) is 2.98. The predicted molar refractivity (Wildman–Crippen MR) is 92.7 cm³/mol. The number of aryl methyl sites for hydroxylation is 1. The van der Waals surface area contributed by atoms with E-state index in [0.717, 1.165) is 22.6 Å². The van der Waals surface area contributed by atoms with Gasteiger partial charge in [0.2, 0.25) is 0 Å². The van der Waals surface area contributed by atoms with Gasteiger partial charge in [-0.3, -0.25) is 0 Å². The lowest BCUT2D eigenvalue weighted by Crippen LogP contribution is -1.85. The molecule has 0 aliphatic rings. The van der Waals surface area contributed by atoms with Gasteiger partial charge in [-0.15, -0.1) is 0 Å². The third kappa shape index (κ3) is 5.21. The maximum atomic E-state index is 5.52. The molecule has 3 rings (SSSR count). The van der Waals surface area contributed by atoms with Gasteiger partial charge in [0.05, 0.1) is 11.4 Å². The van der Waals surface area contributed by atoms with E-state index < -0.39 is 0 Å². The van der Waals surface area contributed by atoms with Gasteiger partial charge in [-0.1, -0.05) is 54.6 Å². The van der Waals surface area contributed by atoms with Crippen LogP contribution in [0.3, 0.4) is 0 Å². The average molecular weight is 289 g/mol. The van der Waals surface area contributed by atoms with Gasteiger partial charge in [-0.2, -0.15) is 10.2 Å². The molecule has 3 nitrogen and oxygen atoms in total. The highest BCUT2D eigenvalue weighted by atomic mass is 15.1. The van der Waals surface area contributed by atoms with Gasteiger partial charge in [0, 0.05) is 5.69 Å². The highest BCUT2D eigenvalue weighted by Crippen LogP contribution is 2.16. The lowest BCUT2D eigenvalue weighted by atomic mass is 10.2. The van der Waals surface area contributed by atoms with E-state index >= 15 is 0 Å². The van der Waals surface area contributed by atoms with Crippen LogP contribution in [-0.2, 0) is 0 Å². The van der Waals surface area contributed by atoms with E-state index in [1.165, 1.54) is 0 Å². The Morgan fingerprint density at radius 2 is 1.00 bits per heavy atom. The highest BCUT2D eigenvalue weighted by molar-refractivity contribution is 5.45. The SMILES string of the molecule is Cc1ccccc1N.c1ccc(N=Nc2ccccc2)cc1. The summed E-state index contributed by atoms with van der Waals surface area (Å²) in [7, 11) is 0. The molecule has 0 heterocycles. The molecule has 0 aromatic heterocycles. The Bertz CT molecular complexity index is 645. The Balaban J connectivity index is 0.000000188. The first-order chi connectivity index (χ1) is 10.8. The normalized spacial score (nSPS) is 10.0. The number of nitrogen functional groups attached to an aromatic ring is 1. The highest BCUT2D eigenvalue weighted by Gasteiger charge is 1.87. The van der Waals surface area contributed by atoms with E-state index in [0.29, 0.717) is 0 Å². The van der Waals surface area contributed by atoms with Gasteiger partial charge in [0.15, 0.2) is 0 Å². The molecule has 0 aliphatic heterocycles. The molecule has 0 saturated carbocycles. The molecule has 22 heavy (non-hydrogen) atoms. The Hall–Kier alpha value is -2.94. The van der Waals surface area contributed by atoms with E-state index in [1.54, 1.807) is 0 Å². The molecule has 3 aromatic rings. The zero-order valence-corrected chi connectivity index (χ0v) is 12.6. The maximum absolute atomic E-state index is 5.52. The summed E-state index contributed by atoms with van der Waals surface area (Å²) in [6.07, 6.45) is 0. The summed E-state index contributed by atoms with van der Waals surface area (Å²) in [4.78, 5) is 0. The molecule has 0 bridgehead atoms. The fraction of sp³-hybridized carbons (Fsp3) is 0.0526. The van der Waals surface area contributed by atoms with Gasteiger partial charge in [0.1, 0.15) is 0 Å². The van der Waals surface area contributed by atoms with Gasteiger partial charge in [-0.05, 0) is 42.8 Å². The molecule has 0 unspecified atom stereocenters. The van der Waals surface area contributed by atoms with Crippen molar-refractivity contribution in [2.24, 2.45) is 10.2 Å². The zero-order chi connectivity index (χ0) is 15.6. The first-order valence-corrected chi connectivity index (χ1v) is 7.08. The number of azo groups is 1. The van der Waals surface area contributed by atoms with E-state index in [4.69, 9.17) is 5.73 Å². The number of rotatable bonds is 2. The van der Waals surface area contributed by atoms with Crippen LogP contribution in [0, 0.1) is 6.92 Å². The molecule has 2 N–H and O–H groups in total. The maximum Gasteiger partial charge on any atom is 0.0857 e. The second-order valence-corrected chi connectivity index (χ2v) is 4.73. The largest absolute Gasteiger partial charge is 0.399 e. The van der Waals surface area contributed by atoms with Crippen molar-refractivity contribution in [1.82, 2.24) is 0 Å². The van der Waals surface area contributed by atoms with Gasteiger partial charge >= 0.3 is 0 Å². The van der Waals surface area contributed by atoms with E-state index in [9.17, 15) is 0 Å². The van der Waals surface area contributed by atoms with E-state index in [1.807, 2.05) is 91.9 Å². The smallest absolute Gasteiger partial charge is 0.0857 e. The van der Waals surface area contributed by atoms with Crippen LogP contribution in [0.1, 0.15) is 5.56 Å². The van der Waals surface area contributed by atoms with Crippen molar-refractivity contribution in [3.8, 4) is 0 Å². The minimum Gasteiger partial charge on any atom is -0.399 e. The molecule has 3 aromatic carbocycles. The van der Waals surface area contributed by atoms with Crippen molar-refractivity contribution in [2.75, 3.05) is 5.73 Å². The molecule has 0 aliphatic carbocycles. The Kier molecular flexibility index (Phi) is 5.88. The van der Waals surface area contributed by atoms with E-state index in [2.05, 4.69) is 10.2 Å². The van der Waals surface area contributed by atoms with Crippen molar-refractivity contribution in [3.05, 3.63) is 90.5 Å². The van der Waals surface area contributed by atoms with Crippen LogP contribution in [0.2, 0.25) is 0 Å². The van der Waals surface area contributed by atoms with Crippen LogP contribution in [0.5, 0.6) is 0 Å². The minimum absolute atomic E-state index is 0.868. The van der Waals surface area contributed by atoms with E-state index in [-0.39, 0.29) is 0 Å². The molecule has 110 valence electrons. The average Bonchev–Trinajstić information content (AvgIpc) is 2.58. The second-order valence-electron chi connectivity index (χ2n) is 4.73. The zero-order valence-electron chi connectivity index (χ0n) is 12.6. The Morgan fingerprint density at radius 3 is 1.36 bits per heavy atom. The molecule has 0 fully saturated rings. The number of anilines is 1. The van der Waals surface area contributed by atoms with Crippen LogP contribution in [0.25, 0.3) is 0 Å². The molecular weight excluding hydrogens is 270 g/mol. The number of nitrogens with zero attached hydrogens (tertiary/aromatic N) is 2. The lowest BCUT2D eigenvalue weighted by molar-refractivity contribution is 1.23. The fourth-order valence-corrected chi connectivity index (χ4v) is 1.69. The van der Waals surface area contributed by atoms with Crippen molar-refractivity contribution in [3.63, 3.8) is 0 Å². The number of hydrogen-bond acceptors (Lipinski definition) is 3. The second kappa shape index (κ2) is 8.37. The van der Waals surface area contributed by atoms with Crippen LogP contribution in [-0.4, -0.2) is 0 Å². The van der Waals surface area contributed by atoms with Crippen molar-refractivity contribution < 1.29 is 0 Å². The summed E-state index contributed by atoms with van der Waals surface area (Å²) < 4.78 is 0. The van der Waals surface area contributed by atoms with Crippen LogP contribution in [0.4, 0.5) is 17.1 Å². The summed E-state index contributed by atoms with van der Waals surface area (Å²) in [5, 5.41) is 8.20. The molecule has 0 radical (unpaired) electrons. The van der Waals surface area contributed by atoms with Crippen molar-refractivity contribution >= 4 is 17.1 Å². The first kappa shape index (κ1) is 15.4. The summed E-state index contributed by atoms with van der Waals surface area (Å²) in [6, 6.07) is 27.2. The molecule has 0 saturated heterocycles. The van der Waals surface area contributed by atoms with Crippen molar-refractivity contribution in [1.29, 1.82) is 0 Å². The summed E-state index contributed by atoms with van der Waals surface area (Å²) in [5.41, 5.74) is 9.28. The van der Waals surface area contributed by atoms with Gasteiger partial charge in [0.25, 0.3) is 0 Å². The predicted octanol–water partition coefficient (Wildman–Crippen LogP) is 5.68. The standard InChI is InChI=1S/C12H10N2.C7H9N/c1-3-7-11(8-4-1)13-14-12-9-5-2-6-10-12;1-6-4-2-3-5-7(6)8/h1-10H;2-5H,8H2,1H3. The lowest BCUT2D eigenvalue weighted by Gasteiger charge is -1.93. The van der Waals surface area contributed by atoms with Crippen LogP contribution < -0.4 is 5.73 Å². The van der Waals surface area contributed by atoms with Crippen molar-refractivity contribution in [2.45, 2.75) is 6.92 Å². The number of para-hydroxylation sites is 1. The van der Waals surface area contributed by atoms with Crippen LogP contribution in [0.15, 0.2) is 95.2 Å². The first-order valence-electron chi connectivity index (χ1n) is 7.08. The molecule has 3 heteroatoms. The number of hydrogen-bond donors (Lipinski definition) is 1. The monoisotopic (exact) mass is 289 g/mol. The molecule has 0 amide bonds. The summed E-state index contributed by atoms with van der Waals surface area (Å²) in [6.45, 7) is 2.00. The minimum atomic E-state index is 0.868. The molecular formula is C19H19N3. The third-order valence-corrected chi connectivity index (χ3v) is 2.98. The Labute approximate surface area is 131 Å². The molecule has 0 atom stereocenters. The van der Waals surface area contributed by atoms with Gasteiger partial charge < -0.3 is 5.73 Å². The fourth-order valence-electron chi connectivity index (χ4n) is 1.69. The number of benzene rings is 3. The summed E-state index contributed by atoms with van der Waals surface area (Å²) >= 11 is 0. The summed E-state index contributed by atoms with van der Waals surface area (Å²) in [5.74, 6) is 0. The van der Waals surface area contributed by atoms with Gasteiger partial charge in [-0.25, -0.2) is 0 Å². The number of nitrogens with two attached hydrogens (primary N) is 1. The Morgan fingerprint density at radius 1 is 0.591 bits per heavy atom. The molecule has 0 spiro atoms. The van der Waals surface area contributed by atoms with Crippen LogP contribution >= 0.6 is 0 Å². The topological polar surface area (TPSA) is 50.7 Å².